The number of aromatic amines is 1. The average Bonchev–Trinajstić information content (AvgIpc) is 3.62. The molecule has 10 nitrogen and oxygen atoms in total. The molecule has 0 spiro atoms. The minimum absolute atomic E-state index is 0.253. The number of nitrogens with zero attached hydrogens (tertiary/aromatic N) is 5. The summed E-state index contributed by atoms with van der Waals surface area (Å²) >= 11 is 0. The highest BCUT2D eigenvalue weighted by Gasteiger charge is 2.34. The van der Waals surface area contributed by atoms with Crippen LogP contribution in [-0.4, -0.2) is 43.9 Å². The third-order valence-corrected chi connectivity index (χ3v) is 6.35. The van der Waals surface area contributed by atoms with Crippen molar-refractivity contribution in [2.75, 3.05) is 22.1 Å². The Labute approximate surface area is 216 Å². The van der Waals surface area contributed by atoms with Gasteiger partial charge in [0, 0.05) is 34.7 Å². The molecule has 0 bridgehead atoms. The van der Waals surface area contributed by atoms with Crippen LogP contribution in [0.2, 0.25) is 0 Å². The van der Waals surface area contributed by atoms with Crippen LogP contribution in [0.25, 0.3) is 0 Å². The first-order chi connectivity index (χ1) is 17.8. The van der Waals surface area contributed by atoms with Gasteiger partial charge in [0.1, 0.15) is 17.5 Å². The lowest BCUT2D eigenvalue weighted by molar-refractivity contribution is -0.923. The van der Waals surface area contributed by atoms with E-state index in [2.05, 4.69) is 48.5 Å². The van der Waals surface area contributed by atoms with Crippen LogP contribution < -0.4 is 20.3 Å². The number of amides is 1. The van der Waals surface area contributed by atoms with Crippen molar-refractivity contribution in [3.8, 4) is 0 Å². The number of hydrogen-bond donors (Lipinski definition) is 4. The predicted octanol–water partition coefficient (Wildman–Crippen LogP) is 4.24. The van der Waals surface area contributed by atoms with Crippen LogP contribution in [0.5, 0.6) is 0 Å². The van der Waals surface area contributed by atoms with E-state index in [0.717, 1.165) is 60.7 Å². The molecule has 3 aromatic rings. The first kappa shape index (κ1) is 26.3. The minimum atomic E-state index is -0.815. The molecule has 198 valence electrons. The van der Waals surface area contributed by atoms with Crippen molar-refractivity contribution in [1.29, 1.82) is 0 Å². The SMILES string of the molecule is CC(C)c1cc(Nc2nc(N3CCCC3C(=O)Nc3ccc(F)[n+](O)c3)nc3c2CCC3)n[nH]1.CCC. The van der Waals surface area contributed by atoms with Gasteiger partial charge in [-0.15, -0.1) is 4.39 Å². The standard InChI is InChI=1S/C23H27FN8O2.C3H8/c1-13(2)17-11-20(30-29-17)27-21-15-5-3-6-16(15)26-23(28-21)31-10-4-7-18(31)22(33)25-14-8-9-19(24)32(34)12-14;1-3-2/h8-9,11-13,18H,3-7,10H2,1-2H3,(H3-,25,26,27,28,29,30,33,34);3H2,1-2H3/p+1. The maximum absolute atomic E-state index is 13.3. The molecule has 5 rings (SSSR count). The lowest BCUT2D eigenvalue weighted by Crippen LogP contribution is -2.41. The summed E-state index contributed by atoms with van der Waals surface area (Å²) in [6.07, 6.45) is 6.61. The fourth-order valence-electron chi connectivity index (χ4n) is 4.52. The van der Waals surface area contributed by atoms with Crippen molar-refractivity contribution >= 4 is 29.2 Å². The molecule has 1 atom stereocenters. The van der Waals surface area contributed by atoms with Crippen LogP contribution in [0.4, 0.5) is 27.7 Å². The topological polar surface area (TPSA) is 123 Å². The van der Waals surface area contributed by atoms with Crippen molar-refractivity contribution in [2.24, 2.45) is 0 Å². The van der Waals surface area contributed by atoms with Crippen LogP contribution in [0, 0.1) is 5.95 Å². The summed E-state index contributed by atoms with van der Waals surface area (Å²) in [5.74, 6) is 1.20. The number of halogens is 1. The average molecular weight is 512 g/mol. The Balaban J connectivity index is 0.00000102. The van der Waals surface area contributed by atoms with Gasteiger partial charge < -0.3 is 15.5 Å². The molecule has 3 aromatic heterocycles. The summed E-state index contributed by atoms with van der Waals surface area (Å²) in [5, 5.41) is 23.1. The van der Waals surface area contributed by atoms with Gasteiger partial charge in [0.2, 0.25) is 18.1 Å². The predicted molar refractivity (Wildman–Crippen MR) is 139 cm³/mol. The number of H-pyrrole nitrogens is 1. The number of fused-ring (bicyclic) bond motifs is 1. The number of aryl methyl sites for hydroxylation is 1. The largest absolute Gasteiger partial charge is 0.408 e. The second kappa shape index (κ2) is 11.5. The van der Waals surface area contributed by atoms with Gasteiger partial charge in [0.05, 0.1) is 5.69 Å². The van der Waals surface area contributed by atoms with E-state index in [-0.39, 0.29) is 5.91 Å². The zero-order chi connectivity index (χ0) is 26.5. The van der Waals surface area contributed by atoms with Crippen molar-refractivity contribution < 1.29 is 19.1 Å². The maximum atomic E-state index is 13.3. The van der Waals surface area contributed by atoms with Crippen molar-refractivity contribution in [3.63, 3.8) is 0 Å². The Kier molecular flexibility index (Phi) is 8.20. The Morgan fingerprint density at radius 3 is 2.76 bits per heavy atom. The lowest BCUT2D eigenvalue weighted by atomic mass is 10.1. The molecule has 0 saturated carbocycles. The molecule has 11 heteroatoms. The third-order valence-electron chi connectivity index (χ3n) is 6.35. The van der Waals surface area contributed by atoms with Crippen molar-refractivity contribution in [3.05, 3.63) is 47.3 Å². The summed E-state index contributed by atoms with van der Waals surface area (Å²) in [6, 6.07) is 4.00. The zero-order valence-corrected chi connectivity index (χ0v) is 21.9. The van der Waals surface area contributed by atoms with Gasteiger partial charge in [-0.1, -0.05) is 34.1 Å². The van der Waals surface area contributed by atoms with E-state index in [4.69, 9.17) is 9.97 Å². The number of nitrogens with one attached hydrogen (secondary N) is 3. The minimum Gasteiger partial charge on any atom is -0.329 e. The summed E-state index contributed by atoms with van der Waals surface area (Å²) in [4.78, 5) is 24.6. The lowest BCUT2D eigenvalue weighted by Gasteiger charge is -2.25. The molecule has 0 radical (unpaired) electrons. The Morgan fingerprint density at radius 2 is 2.05 bits per heavy atom. The van der Waals surface area contributed by atoms with E-state index in [1.165, 1.54) is 12.5 Å². The molecular weight excluding hydrogens is 475 g/mol. The Morgan fingerprint density at radius 1 is 1.27 bits per heavy atom. The number of carbonyl (C=O) groups excluding carboxylic acids is 1. The molecule has 1 fully saturated rings. The number of anilines is 4. The van der Waals surface area contributed by atoms with E-state index in [1.807, 2.05) is 11.0 Å². The molecule has 2 aliphatic rings. The van der Waals surface area contributed by atoms with Gasteiger partial charge in [-0.05, 0) is 44.1 Å². The van der Waals surface area contributed by atoms with E-state index in [1.54, 1.807) is 0 Å². The highest BCUT2D eigenvalue weighted by molar-refractivity contribution is 5.96. The number of pyridine rings is 1. The second-order valence-corrected chi connectivity index (χ2v) is 9.77. The Bertz CT molecular complexity index is 1250. The molecule has 1 aliphatic carbocycles. The summed E-state index contributed by atoms with van der Waals surface area (Å²) < 4.78 is 13.7. The first-order valence-electron chi connectivity index (χ1n) is 13.0. The van der Waals surface area contributed by atoms with Gasteiger partial charge in [0.15, 0.2) is 5.82 Å². The molecule has 4 N–H and O–H groups in total. The van der Waals surface area contributed by atoms with Crippen molar-refractivity contribution in [1.82, 2.24) is 20.2 Å². The molecule has 1 aliphatic heterocycles. The van der Waals surface area contributed by atoms with E-state index >= 15 is 0 Å². The molecule has 1 unspecified atom stereocenters. The smallest absolute Gasteiger partial charge is 0.329 e. The number of hydrogen-bond acceptors (Lipinski definition) is 7. The highest BCUT2D eigenvalue weighted by atomic mass is 19.1. The van der Waals surface area contributed by atoms with E-state index < -0.39 is 12.0 Å². The fraction of sp³-hybridized carbons (Fsp3) is 0.500. The summed E-state index contributed by atoms with van der Waals surface area (Å²) in [7, 11) is 0. The highest BCUT2D eigenvalue weighted by Crippen LogP contribution is 2.33. The van der Waals surface area contributed by atoms with E-state index in [0.29, 0.717) is 41.1 Å². The van der Waals surface area contributed by atoms with Gasteiger partial charge in [0.25, 0.3) is 0 Å². The molecule has 1 saturated heterocycles. The normalized spacial score (nSPS) is 16.4. The summed E-state index contributed by atoms with van der Waals surface area (Å²) in [6.45, 7) is 9.10. The molecule has 4 heterocycles. The van der Waals surface area contributed by atoms with Gasteiger partial charge in [-0.2, -0.15) is 10.1 Å². The summed E-state index contributed by atoms with van der Waals surface area (Å²) in [5.41, 5.74) is 3.43. The monoisotopic (exact) mass is 511 g/mol. The van der Waals surface area contributed by atoms with Crippen LogP contribution >= 0.6 is 0 Å². The van der Waals surface area contributed by atoms with Gasteiger partial charge in [-0.3, -0.25) is 15.1 Å². The molecule has 0 aromatic carbocycles. The molecule has 1 amide bonds. The third kappa shape index (κ3) is 5.98. The molecule has 37 heavy (non-hydrogen) atoms. The first-order valence-corrected chi connectivity index (χ1v) is 13.0. The Hall–Kier alpha value is -3.76. The fourth-order valence-corrected chi connectivity index (χ4v) is 4.52. The zero-order valence-electron chi connectivity index (χ0n) is 21.9. The molecular formula is C26H36FN8O2+. The number of rotatable bonds is 6. The van der Waals surface area contributed by atoms with Crippen LogP contribution in [-0.2, 0) is 17.6 Å². The number of aromatic nitrogens is 5. The maximum Gasteiger partial charge on any atom is 0.408 e. The quantitative estimate of drug-likeness (QED) is 0.222. The van der Waals surface area contributed by atoms with Crippen LogP contribution in [0.3, 0.4) is 0 Å². The number of carbonyl (C=O) groups is 1. The van der Waals surface area contributed by atoms with E-state index in [9.17, 15) is 14.4 Å². The van der Waals surface area contributed by atoms with Crippen molar-refractivity contribution in [2.45, 2.75) is 78.2 Å². The van der Waals surface area contributed by atoms with Crippen LogP contribution in [0.15, 0.2) is 24.4 Å². The van der Waals surface area contributed by atoms with Gasteiger partial charge in [-0.25, -0.2) is 4.98 Å². The second-order valence-electron chi connectivity index (χ2n) is 9.77. The van der Waals surface area contributed by atoms with Gasteiger partial charge >= 0.3 is 5.95 Å². The van der Waals surface area contributed by atoms with Crippen LogP contribution in [0.1, 0.15) is 76.2 Å².